The predicted molar refractivity (Wildman–Crippen MR) is 107 cm³/mol. The van der Waals surface area contributed by atoms with E-state index in [4.69, 9.17) is 4.74 Å². The Kier molecular flexibility index (Phi) is 5.07. The van der Waals surface area contributed by atoms with Crippen LogP contribution >= 0.6 is 0 Å². The lowest BCUT2D eigenvalue weighted by Gasteiger charge is -2.14. The van der Waals surface area contributed by atoms with Crippen molar-refractivity contribution in [1.29, 1.82) is 0 Å². The van der Waals surface area contributed by atoms with Crippen LogP contribution in [0.3, 0.4) is 0 Å². The van der Waals surface area contributed by atoms with Crippen LogP contribution < -0.4 is 15.4 Å². The number of nitrogens with one attached hydrogen (secondary N) is 4. The molecule has 11 heteroatoms. The molecule has 1 saturated carbocycles. The first kappa shape index (κ1) is 19.5. The number of carbonyl (C=O) groups excluding carboxylic acids is 1. The Morgan fingerprint density at radius 1 is 1.31 bits per heavy atom. The normalized spacial score (nSPS) is 22.2. The summed E-state index contributed by atoms with van der Waals surface area (Å²) in [5, 5.41) is 13.2. The van der Waals surface area contributed by atoms with Crippen molar-refractivity contribution in [2.45, 2.75) is 56.9 Å². The van der Waals surface area contributed by atoms with Gasteiger partial charge in [0, 0.05) is 35.5 Å². The molecule has 156 valence electrons. The van der Waals surface area contributed by atoms with Crippen LogP contribution in [0, 0.1) is 0 Å². The van der Waals surface area contributed by atoms with E-state index in [1.54, 1.807) is 12.4 Å². The summed E-state index contributed by atoms with van der Waals surface area (Å²) in [4.78, 5) is 15.9. The van der Waals surface area contributed by atoms with Crippen molar-refractivity contribution in [3.63, 3.8) is 0 Å². The molecule has 4 rings (SSSR count). The van der Waals surface area contributed by atoms with Crippen molar-refractivity contribution in [3.05, 3.63) is 29.7 Å². The minimum Gasteiger partial charge on any atom is -0.446 e. The summed E-state index contributed by atoms with van der Waals surface area (Å²) in [6.07, 6.45) is 5.03. The number of carbonyl (C=O) groups is 1. The van der Waals surface area contributed by atoms with Gasteiger partial charge in [0.2, 0.25) is 10.0 Å². The van der Waals surface area contributed by atoms with E-state index in [0.717, 1.165) is 25.0 Å². The van der Waals surface area contributed by atoms with Crippen LogP contribution in [-0.4, -0.2) is 41.8 Å². The molecule has 3 heterocycles. The van der Waals surface area contributed by atoms with Gasteiger partial charge in [0.25, 0.3) is 0 Å². The quantitative estimate of drug-likeness (QED) is 0.583. The number of fused-ring (bicyclic) bond motifs is 1. The number of anilines is 3. The number of rotatable bonds is 5. The zero-order valence-electron chi connectivity index (χ0n) is 16.2. The number of pyridine rings is 1. The average Bonchev–Trinajstić information content (AvgIpc) is 3.32. The molecular formula is C18H24N6O4S. The van der Waals surface area contributed by atoms with E-state index >= 15 is 0 Å². The van der Waals surface area contributed by atoms with Crippen LogP contribution in [0.1, 0.15) is 50.3 Å². The Bertz CT molecular complexity index is 1020. The monoisotopic (exact) mass is 420 g/mol. The van der Waals surface area contributed by atoms with Gasteiger partial charge in [-0.15, -0.1) is 0 Å². The Morgan fingerprint density at radius 2 is 2.14 bits per heavy atom. The maximum atomic E-state index is 11.8. The third kappa shape index (κ3) is 4.44. The van der Waals surface area contributed by atoms with Crippen molar-refractivity contribution in [1.82, 2.24) is 20.5 Å². The molecule has 0 spiro atoms. The van der Waals surface area contributed by atoms with E-state index in [9.17, 15) is 13.2 Å². The SMILES string of the molecule is CC(C)NC(=O)O[C@@H]1CC[C@H](c2cc(Nc3cncc4c3NS(=O)(=O)C4)n[nH]2)C1. The third-order valence-electron chi connectivity index (χ3n) is 4.99. The molecular weight excluding hydrogens is 396 g/mol. The van der Waals surface area contributed by atoms with E-state index in [-0.39, 0.29) is 29.9 Å². The summed E-state index contributed by atoms with van der Waals surface area (Å²) in [6, 6.07) is 1.93. The smallest absolute Gasteiger partial charge is 0.407 e. The molecule has 4 N–H and O–H groups in total. The van der Waals surface area contributed by atoms with Crippen LogP contribution in [0.5, 0.6) is 0 Å². The molecule has 1 aliphatic carbocycles. The molecule has 2 aromatic heterocycles. The molecule has 0 aromatic carbocycles. The largest absolute Gasteiger partial charge is 0.446 e. The molecule has 2 aliphatic rings. The topological polar surface area (TPSA) is 138 Å². The van der Waals surface area contributed by atoms with E-state index < -0.39 is 10.0 Å². The molecule has 1 fully saturated rings. The lowest BCUT2D eigenvalue weighted by Crippen LogP contribution is -2.33. The Hall–Kier alpha value is -2.82. The maximum absolute atomic E-state index is 11.8. The van der Waals surface area contributed by atoms with Gasteiger partial charge in [-0.05, 0) is 33.1 Å². The van der Waals surface area contributed by atoms with E-state index in [2.05, 4.69) is 30.5 Å². The van der Waals surface area contributed by atoms with Crippen molar-refractivity contribution in [2.75, 3.05) is 10.0 Å². The third-order valence-corrected chi connectivity index (χ3v) is 6.20. The second-order valence-electron chi connectivity index (χ2n) is 7.75. The van der Waals surface area contributed by atoms with Crippen molar-refractivity contribution < 1.29 is 17.9 Å². The average molecular weight is 420 g/mol. The molecule has 0 bridgehead atoms. The first-order valence-electron chi connectivity index (χ1n) is 9.56. The molecule has 2 aromatic rings. The van der Waals surface area contributed by atoms with Crippen LogP contribution in [0.15, 0.2) is 18.5 Å². The highest BCUT2D eigenvalue weighted by Gasteiger charge is 2.30. The highest BCUT2D eigenvalue weighted by molar-refractivity contribution is 7.92. The lowest BCUT2D eigenvalue weighted by molar-refractivity contribution is 0.0981. The molecule has 1 aliphatic heterocycles. The minimum atomic E-state index is -3.36. The molecule has 0 saturated heterocycles. The van der Waals surface area contributed by atoms with Crippen LogP contribution in [0.2, 0.25) is 0 Å². The number of ether oxygens (including phenoxy) is 1. The Labute approximate surface area is 168 Å². The highest BCUT2D eigenvalue weighted by Crippen LogP contribution is 2.37. The minimum absolute atomic E-state index is 0.0411. The Morgan fingerprint density at radius 3 is 2.93 bits per heavy atom. The fraction of sp³-hybridized carbons (Fsp3) is 0.500. The lowest BCUT2D eigenvalue weighted by atomic mass is 10.0. The molecule has 29 heavy (non-hydrogen) atoms. The second kappa shape index (κ2) is 7.54. The van der Waals surface area contributed by atoms with Crippen molar-refractivity contribution >= 4 is 33.3 Å². The summed E-state index contributed by atoms with van der Waals surface area (Å²) in [7, 11) is -3.36. The summed E-state index contributed by atoms with van der Waals surface area (Å²) in [5.41, 5.74) is 2.64. The number of sulfonamides is 1. The first-order chi connectivity index (χ1) is 13.8. The van der Waals surface area contributed by atoms with Gasteiger partial charge in [0.15, 0.2) is 5.82 Å². The first-order valence-corrected chi connectivity index (χ1v) is 11.2. The van der Waals surface area contributed by atoms with Crippen LogP contribution in [-0.2, 0) is 20.5 Å². The number of aromatic nitrogens is 3. The van der Waals surface area contributed by atoms with E-state index in [1.165, 1.54) is 0 Å². The summed E-state index contributed by atoms with van der Waals surface area (Å²) in [5.74, 6) is 0.709. The standard InChI is InChI=1S/C18H24N6O4S/c1-10(2)20-18(25)28-13-4-3-11(5-13)14-6-16(23-22-14)21-15-8-19-7-12-9-29(26,27)24-17(12)15/h6-8,10-11,13,24H,3-5,9H2,1-2H3,(H,20,25)(H2,21,22,23)/t11-,13+/m0/s1. The van der Waals surface area contributed by atoms with Gasteiger partial charge < -0.3 is 15.4 Å². The molecule has 0 radical (unpaired) electrons. The van der Waals surface area contributed by atoms with Gasteiger partial charge in [-0.3, -0.25) is 14.8 Å². The number of H-pyrrole nitrogens is 1. The fourth-order valence-corrected chi connectivity index (χ4v) is 4.98. The maximum Gasteiger partial charge on any atom is 0.407 e. The predicted octanol–water partition coefficient (Wildman–Crippen LogP) is 2.57. The van der Waals surface area contributed by atoms with Gasteiger partial charge in [0.05, 0.1) is 23.3 Å². The van der Waals surface area contributed by atoms with Gasteiger partial charge >= 0.3 is 6.09 Å². The fourth-order valence-electron chi connectivity index (χ4n) is 3.72. The van der Waals surface area contributed by atoms with E-state index in [0.29, 0.717) is 22.8 Å². The molecule has 10 nitrogen and oxygen atoms in total. The summed E-state index contributed by atoms with van der Waals surface area (Å²) < 4.78 is 31.6. The summed E-state index contributed by atoms with van der Waals surface area (Å²) in [6.45, 7) is 3.78. The van der Waals surface area contributed by atoms with Gasteiger partial charge in [-0.25, -0.2) is 13.2 Å². The molecule has 2 atom stereocenters. The van der Waals surface area contributed by atoms with E-state index in [1.807, 2.05) is 19.9 Å². The Balaban J connectivity index is 1.39. The number of hydrogen-bond donors (Lipinski definition) is 4. The van der Waals surface area contributed by atoms with Crippen LogP contribution in [0.25, 0.3) is 0 Å². The van der Waals surface area contributed by atoms with Gasteiger partial charge in [0.1, 0.15) is 6.10 Å². The number of hydrogen-bond acceptors (Lipinski definition) is 7. The summed E-state index contributed by atoms with van der Waals surface area (Å²) >= 11 is 0. The number of aromatic amines is 1. The van der Waals surface area contributed by atoms with Gasteiger partial charge in [-0.2, -0.15) is 5.10 Å². The molecule has 1 amide bonds. The second-order valence-corrected chi connectivity index (χ2v) is 9.47. The zero-order chi connectivity index (χ0) is 20.6. The van der Waals surface area contributed by atoms with Crippen molar-refractivity contribution in [2.24, 2.45) is 0 Å². The van der Waals surface area contributed by atoms with Gasteiger partial charge in [-0.1, -0.05) is 0 Å². The number of alkyl carbamates (subject to hydrolysis) is 1. The number of nitrogens with zero attached hydrogens (tertiary/aromatic N) is 2. The zero-order valence-corrected chi connectivity index (χ0v) is 17.0. The van der Waals surface area contributed by atoms with Crippen molar-refractivity contribution in [3.8, 4) is 0 Å². The molecule has 0 unspecified atom stereocenters. The van der Waals surface area contributed by atoms with Crippen LogP contribution in [0.4, 0.5) is 22.0 Å². The highest BCUT2D eigenvalue weighted by atomic mass is 32.2. The number of amides is 1.